The Bertz CT molecular complexity index is 370. The van der Waals surface area contributed by atoms with Gasteiger partial charge in [-0.15, -0.1) is 0 Å². The molecule has 0 bridgehead atoms. The highest BCUT2D eigenvalue weighted by Gasteiger charge is 2.22. The van der Waals surface area contributed by atoms with Crippen LogP contribution in [0.4, 0.5) is 0 Å². The fourth-order valence-corrected chi connectivity index (χ4v) is 2.37. The number of benzene rings is 1. The number of ether oxygens (including phenoxy) is 1. The average Bonchev–Trinajstić information content (AvgIpc) is 2.29. The summed E-state index contributed by atoms with van der Waals surface area (Å²) in [5, 5.41) is 7.60. The second-order valence-corrected chi connectivity index (χ2v) is 4.48. The minimum absolute atomic E-state index is 0.317. The summed E-state index contributed by atoms with van der Waals surface area (Å²) in [5.74, 6) is 0.724. The van der Waals surface area contributed by atoms with Gasteiger partial charge in [0.25, 0.3) is 0 Å². The molecule has 1 saturated heterocycles. The van der Waals surface area contributed by atoms with Gasteiger partial charge < -0.3 is 15.4 Å². The molecule has 16 heavy (non-hydrogen) atoms. The van der Waals surface area contributed by atoms with E-state index >= 15 is 0 Å². The Kier molecular flexibility index (Phi) is 3.69. The van der Waals surface area contributed by atoms with E-state index in [0.29, 0.717) is 17.1 Å². The largest absolute Gasteiger partial charge is 0.495 e. The smallest absolute Gasteiger partial charge is 0.137 e. The number of nitrogens with one attached hydrogen (secondary N) is 2. The highest BCUT2D eigenvalue weighted by Crippen LogP contribution is 2.29. The standard InChI is InChI=1S/C12H17ClN2O/c1-8-12(15-6-5-14-8)9-3-4-11(16-2)10(13)7-9/h3-4,7-8,12,14-15H,5-6H2,1-2H3. The van der Waals surface area contributed by atoms with Gasteiger partial charge in [-0.1, -0.05) is 17.7 Å². The van der Waals surface area contributed by atoms with E-state index in [1.165, 1.54) is 5.56 Å². The molecular formula is C12H17ClN2O. The van der Waals surface area contributed by atoms with Gasteiger partial charge in [-0.05, 0) is 24.6 Å². The van der Waals surface area contributed by atoms with Crippen LogP contribution in [0.1, 0.15) is 18.5 Å². The van der Waals surface area contributed by atoms with Crippen molar-refractivity contribution in [1.82, 2.24) is 10.6 Å². The summed E-state index contributed by atoms with van der Waals surface area (Å²) in [6.45, 7) is 4.18. The van der Waals surface area contributed by atoms with Crippen LogP contribution in [0.15, 0.2) is 18.2 Å². The van der Waals surface area contributed by atoms with Gasteiger partial charge in [0.05, 0.1) is 12.1 Å². The monoisotopic (exact) mass is 240 g/mol. The van der Waals surface area contributed by atoms with Gasteiger partial charge in [0.15, 0.2) is 0 Å². The van der Waals surface area contributed by atoms with Gasteiger partial charge in [0, 0.05) is 25.2 Å². The van der Waals surface area contributed by atoms with Crippen LogP contribution in [0, 0.1) is 0 Å². The fraction of sp³-hybridized carbons (Fsp3) is 0.500. The molecule has 0 saturated carbocycles. The molecular weight excluding hydrogens is 224 g/mol. The number of hydrogen-bond acceptors (Lipinski definition) is 3. The van der Waals surface area contributed by atoms with Crippen molar-refractivity contribution in [3.8, 4) is 5.75 Å². The minimum Gasteiger partial charge on any atom is -0.495 e. The molecule has 1 fully saturated rings. The molecule has 4 heteroatoms. The van der Waals surface area contributed by atoms with Gasteiger partial charge in [0.1, 0.15) is 5.75 Å². The van der Waals surface area contributed by atoms with Gasteiger partial charge in [-0.2, -0.15) is 0 Å². The van der Waals surface area contributed by atoms with Crippen molar-refractivity contribution < 1.29 is 4.74 Å². The third-order valence-corrected chi connectivity index (χ3v) is 3.29. The zero-order valence-electron chi connectivity index (χ0n) is 9.59. The quantitative estimate of drug-likeness (QED) is 0.829. The van der Waals surface area contributed by atoms with E-state index in [4.69, 9.17) is 16.3 Å². The first-order valence-corrected chi connectivity index (χ1v) is 5.90. The molecule has 1 aliphatic rings. The number of rotatable bonds is 2. The first-order chi connectivity index (χ1) is 7.72. The lowest BCUT2D eigenvalue weighted by Gasteiger charge is -2.31. The molecule has 1 aliphatic heterocycles. The van der Waals surface area contributed by atoms with Crippen molar-refractivity contribution in [1.29, 1.82) is 0 Å². The summed E-state index contributed by atoms with van der Waals surface area (Å²) in [6, 6.07) is 6.68. The summed E-state index contributed by atoms with van der Waals surface area (Å²) in [7, 11) is 1.63. The number of hydrogen-bond donors (Lipinski definition) is 2. The summed E-state index contributed by atoms with van der Waals surface area (Å²) in [5.41, 5.74) is 1.20. The molecule has 1 heterocycles. The first kappa shape index (κ1) is 11.7. The molecule has 88 valence electrons. The van der Waals surface area contributed by atoms with Crippen molar-refractivity contribution in [2.45, 2.75) is 19.0 Å². The van der Waals surface area contributed by atoms with E-state index < -0.39 is 0 Å². The van der Waals surface area contributed by atoms with Crippen molar-refractivity contribution in [2.24, 2.45) is 0 Å². The van der Waals surface area contributed by atoms with Gasteiger partial charge >= 0.3 is 0 Å². The highest BCUT2D eigenvalue weighted by atomic mass is 35.5. The molecule has 0 aromatic heterocycles. The average molecular weight is 241 g/mol. The molecule has 2 N–H and O–H groups in total. The Morgan fingerprint density at radius 2 is 2.06 bits per heavy atom. The van der Waals surface area contributed by atoms with Crippen molar-refractivity contribution in [3.63, 3.8) is 0 Å². The summed E-state index contributed by atoms with van der Waals surface area (Å²) >= 11 is 6.12. The van der Waals surface area contributed by atoms with Crippen LogP contribution in [0.3, 0.4) is 0 Å². The van der Waals surface area contributed by atoms with Gasteiger partial charge in [-0.3, -0.25) is 0 Å². The number of methoxy groups -OCH3 is 1. The molecule has 0 spiro atoms. The third-order valence-electron chi connectivity index (χ3n) is 2.99. The van der Waals surface area contributed by atoms with Crippen molar-refractivity contribution >= 4 is 11.6 Å². The molecule has 1 aromatic rings. The zero-order chi connectivity index (χ0) is 11.5. The lowest BCUT2D eigenvalue weighted by Crippen LogP contribution is -2.48. The summed E-state index contributed by atoms with van der Waals surface area (Å²) < 4.78 is 5.15. The summed E-state index contributed by atoms with van der Waals surface area (Å²) in [6.07, 6.45) is 0. The van der Waals surface area contributed by atoms with E-state index in [1.54, 1.807) is 7.11 Å². The predicted octanol–water partition coefficient (Wildman–Crippen LogP) is 1.97. The van der Waals surface area contributed by atoms with E-state index in [0.717, 1.165) is 18.8 Å². The highest BCUT2D eigenvalue weighted by molar-refractivity contribution is 6.32. The Morgan fingerprint density at radius 1 is 1.31 bits per heavy atom. The predicted molar refractivity (Wildman–Crippen MR) is 66.2 cm³/mol. The Balaban J connectivity index is 2.22. The van der Waals surface area contributed by atoms with Gasteiger partial charge in [0.2, 0.25) is 0 Å². The lowest BCUT2D eigenvalue weighted by atomic mass is 9.98. The van der Waals surface area contributed by atoms with Gasteiger partial charge in [-0.25, -0.2) is 0 Å². The first-order valence-electron chi connectivity index (χ1n) is 5.52. The fourth-order valence-electron chi connectivity index (χ4n) is 2.10. The zero-order valence-corrected chi connectivity index (χ0v) is 10.3. The summed E-state index contributed by atoms with van der Waals surface area (Å²) in [4.78, 5) is 0. The molecule has 3 nitrogen and oxygen atoms in total. The third kappa shape index (κ3) is 2.32. The van der Waals surface area contributed by atoms with Crippen LogP contribution in [0.25, 0.3) is 0 Å². The Morgan fingerprint density at radius 3 is 2.69 bits per heavy atom. The van der Waals surface area contributed by atoms with Crippen LogP contribution in [0.2, 0.25) is 5.02 Å². The van der Waals surface area contributed by atoms with E-state index in [1.807, 2.05) is 12.1 Å². The van der Waals surface area contributed by atoms with Crippen LogP contribution in [-0.2, 0) is 0 Å². The Labute approximate surface area is 101 Å². The number of halogens is 1. The molecule has 0 radical (unpaired) electrons. The van der Waals surface area contributed by atoms with E-state index in [9.17, 15) is 0 Å². The number of piperazine rings is 1. The second-order valence-electron chi connectivity index (χ2n) is 4.07. The molecule has 1 aromatic carbocycles. The Hall–Kier alpha value is -0.770. The molecule has 0 aliphatic carbocycles. The van der Waals surface area contributed by atoms with Crippen LogP contribution >= 0.6 is 11.6 Å². The van der Waals surface area contributed by atoms with E-state index in [2.05, 4.69) is 23.6 Å². The van der Waals surface area contributed by atoms with Crippen LogP contribution in [0.5, 0.6) is 5.75 Å². The SMILES string of the molecule is COc1ccc(C2NCCNC2C)cc1Cl. The van der Waals surface area contributed by atoms with Crippen LogP contribution in [-0.4, -0.2) is 26.2 Å². The maximum absolute atomic E-state index is 6.12. The molecule has 2 atom stereocenters. The molecule has 0 amide bonds. The molecule has 2 unspecified atom stereocenters. The van der Waals surface area contributed by atoms with Crippen molar-refractivity contribution in [3.05, 3.63) is 28.8 Å². The maximum Gasteiger partial charge on any atom is 0.137 e. The van der Waals surface area contributed by atoms with Crippen LogP contribution < -0.4 is 15.4 Å². The molecule has 2 rings (SSSR count). The van der Waals surface area contributed by atoms with E-state index in [-0.39, 0.29) is 0 Å². The topological polar surface area (TPSA) is 33.3 Å². The maximum atomic E-state index is 6.12. The second kappa shape index (κ2) is 5.04. The lowest BCUT2D eigenvalue weighted by molar-refractivity contribution is 0.345. The van der Waals surface area contributed by atoms with Crippen molar-refractivity contribution in [2.75, 3.05) is 20.2 Å². The minimum atomic E-state index is 0.317. The normalized spacial score (nSPS) is 25.4.